The average molecular weight is 574 g/mol. The van der Waals surface area contributed by atoms with Crippen molar-refractivity contribution in [3.63, 3.8) is 0 Å². The minimum Gasteiger partial charge on any atom is -0.494 e. The minimum absolute atomic E-state index is 0.0962. The van der Waals surface area contributed by atoms with E-state index in [0.29, 0.717) is 16.5 Å². The predicted octanol–water partition coefficient (Wildman–Crippen LogP) is 7.00. The van der Waals surface area contributed by atoms with Gasteiger partial charge in [0, 0.05) is 46.0 Å². The summed E-state index contributed by atoms with van der Waals surface area (Å²) in [5, 5.41) is 7.78. The summed E-state index contributed by atoms with van der Waals surface area (Å²) in [6, 6.07) is 21.2. The van der Waals surface area contributed by atoms with Crippen molar-refractivity contribution in [1.82, 2.24) is 14.9 Å². The molecule has 1 aliphatic heterocycles. The highest BCUT2D eigenvalue weighted by molar-refractivity contribution is 7.80. The summed E-state index contributed by atoms with van der Waals surface area (Å²) in [7, 11) is 1.59. The molecule has 2 aromatic heterocycles. The van der Waals surface area contributed by atoms with E-state index in [2.05, 4.69) is 37.2 Å². The van der Waals surface area contributed by atoms with Gasteiger partial charge in [0.15, 0.2) is 5.11 Å². The molecule has 1 fully saturated rings. The Hall–Kier alpha value is -3.88. The van der Waals surface area contributed by atoms with Gasteiger partial charge in [-0.2, -0.15) is 0 Å². The van der Waals surface area contributed by atoms with Gasteiger partial charge < -0.3 is 24.8 Å². The van der Waals surface area contributed by atoms with Gasteiger partial charge in [0.1, 0.15) is 11.8 Å². The Morgan fingerprint density at radius 1 is 1.07 bits per heavy atom. The number of pyridine rings is 1. The maximum Gasteiger partial charge on any atom is 0.229 e. The van der Waals surface area contributed by atoms with Crippen molar-refractivity contribution in [2.45, 2.75) is 39.8 Å². The quantitative estimate of drug-likeness (QED) is 0.242. The van der Waals surface area contributed by atoms with Crippen molar-refractivity contribution in [1.29, 1.82) is 0 Å². The van der Waals surface area contributed by atoms with E-state index >= 15 is 0 Å². The van der Waals surface area contributed by atoms with Gasteiger partial charge in [-0.15, -0.1) is 0 Å². The summed E-state index contributed by atoms with van der Waals surface area (Å²) in [6.07, 6.45) is 3.83. The molecule has 0 aliphatic carbocycles. The molecular formula is C31H32ClN5O2S. The van der Waals surface area contributed by atoms with Crippen molar-refractivity contribution in [2.24, 2.45) is 5.41 Å². The van der Waals surface area contributed by atoms with Gasteiger partial charge in [0.05, 0.1) is 24.5 Å². The zero-order valence-corrected chi connectivity index (χ0v) is 24.7. The molecule has 5 rings (SSSR count). The zero-order valence-electron chi connectivity index (χ0n) is 23.1. The van der Waals surface area contributed by atoms with Gasteiger partial charge >= 0.3 is 0 Å². The number of hydrogen-bond donors (Lipinski definition) is 2. The Morgan fingerprint density at radius 2 is 1.85 bits per heavy atom. The van der Waals surface area contributed by atoms with Gasteiger partial charge in [-0.05, 0) is 79.3 Å². The smallest absolute Gasteiger partial charge is 0.229 e. The van der Waals surface area contributed by atoms with E-state index in [1.54, 1.807) is 13.3 Å². The van der Waals surface area contributed by atoms with E-state index in [1.807, 2.05) is 88.5 Å². The zero-order chi connectivity index (χ0) is 28.6. The number of carbonyl (C=O) groups excluding carboxylic acids is 1. The third kappa shape index (κ3) is 5.29. The normalized spacial score (nSPS) is 17.1. The number of benzene rings is 2. The number of aryl methyl sites for hydroxylation is 1. The Morgan fingerprint density at radius 3 is 2.52 bits per heavy atom. The summed E-state index contributed by atoms with van der Waals surface area (Å²) >= 11 is 12.3. The molecule has 2 atom stereocenters. The molecule has 9 heteroatoms. The molecule has 0 saturated carbocycles. The Bertz CT molecular complexity index is 1560. The van der Waals surface area contributed by atoms with Crippen LogP contribution in [0.4, 0.5) is 11.4 Å². The lowest BCUT2D eigenvalue weighted by Crippen LogP contribution is -2.30. The van der Waals surface area contributed by atoms with E-state index in [-0.39, 0.29) is 18.0 Å². The second-order valence-corrected chi connectivity index (χ2v) is 11.6. The fourth-order valence-electron chi connectivity index (χ4n) is 4.83. The molecule has 40 heavy (non-hydrogen) atoms. The lowest BCUT2D eigenvalue weighted by Gasteiger charge is -2.29. The van der Waals surface area contributed by atoms with Crippen LogP contribution in [0.5, 0.6) is 5.75 Å². The third-order valence-corrected chi connectivity index (χ3v) is 7.73. The molecule has 7 nitrogen and oxygen atoms in total. The van der Waals surface area contributed by atoms with Crippen LogP contribution >= 0.6 is 23.8 Å². The highest BCUT2D eigenvalue weighted by Crippen LogP contribution is 2.44. The van der Waals surface area contributed by atoms with Crippen LogP contribution in [0.1, 0.15) is 49.8 Å². The largest absolute Gasteiger partial charge is 0.494 e. The van der Waals surface area contributed by atoms with E-state index in [0.717, 1.165) is 33.3 Å². The summed E-state index contributed by atoms with van der Waals surface area (Å²) in [5.74, 6) is 0.447. The first kappa shape index (κ1) is 27.7. The first-order valence-electron chi connectivity index (χ1n) is 13.0. The summed E-state index contributed by atoms with van der Waals surface area (Å²) < 4.78 is 7.87. The highest BCUT2D eigenvalue weighted by atomic mass is 35.5. The Kier molecular flexibility index (Phi) is 7.57. The topological polar surface area (TPSA) is 71.4 Å². The van der Waals surface area contributed by atoms with E-state index in [4.69, 9.17) is 28.6 Å². The monoisotopic (exact) mass is 573 g/mol. The third-order valence-electron chi connectivity index (χ3n) is 6.99. The number of amides is 1. The van der Waals surface area contributed by atoms with Crippen molar-refractivity contribution in [3.05, 3.63) is 101 Å². The number of methoxy groups -OCH3 is 1. The van der Waals surface area contributed by atoms with Gasteiger partial charge in [-0.1, -0.05) is 38.4 Å². The van der Waals surface area contributed by atoms with Gasteiger partial charge in [-0.3, -0.25) is 9.78 Å². The van der Waals surface area contributed by atoms with Crippen molar-refractivity contribution >= 4 is 46.2 Å². The summed E-state index contributed by atoms with van der Waals surface area (Å²) in [4.78, 5) is 19.4. The molecule has 3 heterocycles. The van der Waals surface area contributed by atoms with E-state index in [1.165, 1.54) is 0 Å². The van der Waals surface area contributed by atoms with Crippen LogP contribution in [0.2, 0.25) is 5.02 Å². The molecule has 0 radical (unpaired) electrons. The van der Waals surface area contributed by atoms with Crippen molar-refractivity contribution in [2.75, 3.05) is 17.3 Å². The fourth-order valence-corrected chi connectivity index (χ4v) is 5.29. The number of anilines is 2. The number of thiocarbonyl (C=S) groups is 1. The number of nitrogens with one attached hydrogen (secondary N) is 2. The van der Waals surface area contributed by atoms with Crippen LogP contribution in [0.15, 0.2) is 79.1 Å². The molecule has 0 unspecified atom stereocenters. The number of ether oxygens (including phenoxy) is 1. The van der Waals surface area contributed by atoms with Crippen LogP contribution in [-0.4, -0.2) is 27.7 Å². The lowest BCUT2D eigenvalue weighted by molar-refractivity contribution is -0.123. The lowest BCUT2D eigenvalue weighted by atomic mass is 9.95. The maximum absolute atomic E-state index is 12.7. The second kappa shape index (κ2) is 10.9. The second-order valence-electron chi connectivity index (χ2n) is 10.8. The van der Waals surface area contributed by atoms with E-state index in [9.17, 15) is 4.79 Å². The first-order valence-corrected chi connectivity index (χ1v) is 13.8. The van der Waals surface area contributed by atoms with Gasteiger partial charge in [-0.25, -0.2) is 0 Å². The highest BCUT2D eigenvalue weighted by Gasteiger charge is 2.42. The van der Waals surface area contributed by atoms with Crippen molar-refractivity contribution < 1.29 is 9.53 Å². The summed E-state index contributed by atoms with van der Waals surface area (Å²) in [5.41, 5.74) is 4.77. The van der Waals surface area contributed by atoms with Gasteiger partial charge in [0.25, 0.3) is 0 Å². The van der Waals surface area contributed by atoms with Crippen LogP contribution < -0.4 is 20.3 Å². The van der Waals surface area contributed by atoms with E-state index < -0.39 is 5.41 Å². The Labute approximate surface area is 245 Å². The van der Waals surface area contributed by atoms with Crippen LogP contribution in [0, 0.1) is 12.3 Å². The number of rotatable bonds is 6. The molecule has 2 aromatic carbocycles. The molecule has 2 N–H and O–H groups in total. The number of hydrogen-bond acceptors (Lipinski definition) is 4. The molecule has 1 aliphatic rings. The maximum atomic E-state index is 12.7. The molecule has 206 valence electrons. The fraction of sp³-hybridized carbons (Fsp3) is 0.258. The first-order chi connectivity index (χ1) is 19.1. The number of carbonyl (C=O) groups is 1. The molecule has 1 amide bonds. The average Bonchev–Trinajstić information content (AvgIpc) is 3.54. The SMILES string of the molecule is COc1cc(N2C(=S)N[C@@H](c3ccccn3)[C@H]2c2cccn2-c2ccc(Cl)c(C)c2)ccc1NC(=O)C(C)(C)C. The summed E-state index contributed by atoms with van der Waals surface area (Å²) in [6.45, 7) is 7.61. The minimum atomic E-state index is -0.545. The molecule has 0 spiro atoms. The number of aromatic nitrogens is 2. The van der Waals surface area contributed by atoms with Crippen molar-refractivity contribution in [3.8, 4) is 11.4 Å². The van der Waals surface area contributed by atoms with Gasteiger partial charge in [0.2, 0.25) is 5.91 Å². The standard InChI is InChI=1S/C31H32ClN5O2S/c1-19-17-20(11-13-22(19)32)36-16-8-10-25(36)28-27(24-9-6-7-15-33-24)35-30(40)37(28)21-12-14-23(26(18-21)39-5)34-29(38)31(2,3)4/h6-18,27-28H,1-5H3,(H,34,38)(H,35,40)/t27-,28+/m0/s1. The molecular weight excluding hydrogens is 542 g/mol. The van der Waals surface area contributed by atoms with Crippen LogP contribution in [0.3, 0.4) is 0 Å². The molecule has 4 aromatic rings. The van der Waals surface area contributed by atoms with Crippen LogP contribution in [0.25, 0.3) is 5.69 Å². The molecule has 0 bridgehead atoms. The number of halogens is 1. The molecule has 1 saturated heterocycles. The van der Waals surface area contributed by atoms with Crippen LogP contribution in [-0.2, 0) is 4.79 Å². The Balaban J connectivity index is 1.61. The predicted molar refractivity (Wildman–Crippen MR) is 165 cm³/mol. The number of nitrogens with zero attached hydrogens (tertiary/aromatic N) is 3.